The quantitative estimate of drug-likeness (QED) is 0.193. The number of rotatable bonds is 9. The zero-order chi connectivity index (χ0) is 19.6. The molecule has 0 saturated carbocycles. The van der Waals surface area contributed by atoms with Crippen LogP contribution >= 0.6 is 47.2 Å². The molecule has 1 heterocycles. The second kappa shape index (κ2) is 13.2. The molecule has 2 rings (SSSR count). The number of halogens is 3. The molecule has 0 spiro atoms. The molecule has 0 saturated heterocycles. The third kappa shape index (κ3) is 8.55. The van der Waals surface area contributed by atoms with Crippen LogP contribution in [0.3, 0.4) is 0 Å². The highest BCUT2D eigenvalue weighted by molar-refractivity contribution is 14.0. The summed E-state index contributed by atoms with van der Waals surface area (Å²) in [6.07, 6.45) is 5.11. The molecule has 1 unspecified atom stereocenters. The smallest absolute Gasteiger partial charge is 0.191 e. The third-order valence-electron chi connectivity index (χ3n) is 4.08. The monoisotopic (exact) mass is 539 g/mol. The summed E-state index contributed by atoms with van der Waals surface area (Å²) in [5.41, 5.74) is 0.655. The zero-order valence-corrected chi connectivity index (χ0v) is 20.0. The summed E-state index contributed by atoms with van der Waals surface area (Å²) in [5.74, 6) is 1.72. The van der Waals surface area contributed by atoms with Crippen molar-refractivity contribution in [2.75, 3.05) is 19.6 Å². The van der Waals surface area contributed by atoms with Crippen LogP contribution < -0.4 is 10.6 Å². The minimum atomic E-state index is -0.763. The molecule has 0 radical (unpaired) electrons. The first kappa shape index (κ1) is 25.0. The molecule has 1 atom stereocenters. The Kier molecular flexibility index (Phi) is 11.8. The number of aryl methyl sites for hydroxylation is 2. The van der Waals surface area contributed by atoms with Gasteiger partial charge in [0.15, 0.2) is 5.96 Å². The summed E-state index contributed by atoms with van der Waals surface area (Å²) < 4.78 is 2.14. The van der Waals surface area contributed by atoms with Crippen LogP contribution in [0.1, 0.15) is 37.3 Å². The number of aliphatic hydroxyl groups is 1. The van der Waals surface area contributed by atoms with Gasteiger partial charge in [0.2, 0.25) is 0 Å². The van der Waals surface area contributed by atoms with Crippen LogP contribution in [-0.2, 0) is 6.54 Å². The lowest BCUT2D eigenvalue weighted by Gasteiger charge is -2.14. The van der Waals surface area contributed by atoms with E-state index in [0.717, 1.165) is 38.3 Å². The summed E-state index contributed by atoms with van der Waals surface area (Å²) in [7, 11) is 0. The Bertz CT molecular complexity index is 733. The first-order valence-electron chi connectivity index (χ1n) is 9.13. The molecule has 156 valence electrons. The Labute approximate surface area is 193 Å². The number of aliphatic hydroxyl groups excluding tert-OH is 1. The summed E-state index contributed by atoms with van der Waals surface area (Å²) >= 11 is 12.0. The maximum absolute atomic E-state index is 10.3. The van der Waals surface area contributed by atoms with Gasteiger partial charge in [-0.05, 0) is 50.5 Å². The average molecular weight is 540 g/mol. The Morgan fingerprint density at radius 3 is 2.54 bits per heavy atom. The molecule has 2 aromatic rings. The third-order valence-corrected chi connectivity index (χ3v) is 4.51. The largest absolute Gasteiger partial charge is 0.386 e. The molecular weight excluding hydrogens is 512 g/mol. The van der Waals surface area contributed by atoms with Gasteiger partial charge in [-0.1, -0.05) is 23.2 Å². The highest BCUT2D eigenvalue weighted by atomic mass is 127. The second-order valence-electron chi connectivity index (χ2n) is 6.24. The number of guanidine groups is 1. The first-order chi connectivity index (χ1) is 13.0. The van der Waals surface area contributed by atoms with Crippen molar-refractivity contribution in [1.29, 1.82) is 0 Å². The van der Waals surface area contributed by atoms with Crippen molar-refractivity contribution in [1.82, 2.24) is 20.2 Å². The molecule has 1 aromatic carbocycles. The van der Waals surface area contributed by atoms with Gasteiger partial charge in [0.05, 0.1) is 12.6 Å². The van der Waals surface area contributed by atoms with Gasteiger partial charge in [0.1, 0.15) is 5.82 Å². The minimum absolute atomic E-state index is 0. The van der Waals surface area contributed by atoms with Gasteiger partial charge in [-0.25, -0.2) is 4.98 Å². The van der Waals surface area contributed by atoms with E-state index < -0.39 is 6.10 Å². The summed E-state index contributed by atoms with van der Waals surface area (Å²) in [6, 6.07) is 5.04. The zero-order valence-electron chi connectivity index (χ0n) is 16.2. The lowest BCUT2D eigenvalue weighted by Crippen LogP contribution is -2.38. The van der Waals surface area contributed by atoms with Crippen LogP contribution in [0.2, 0.25) is 10.0 Å². The molecule has 0 aliphatic heterocycles. The molecule has 0 aliphatic carbocycles. The van der Waals surface area contributed by atoms with E-state index in [0.29, 0.717) is 21.6 Å². The fraction of sp³-hybridized carbons (Fsp3) is 0.474. The van der Waals surface area contributed by atoms with E-state index in [2.05, 4.69) is 25.2 Å². The van der Waals surface area contributed by atoms with E-state index in [1.165, 1.54) is 0 Å². The van der Waals surface area contributed by atoms with Gasteiger partial charge in [0, 0.05) is 42.1 Å². The summed E-state index contributed by atoms with van der Waals surface area (Å²) in [5, 5.41) is 17.8. The predicted molar refractivity (Wildman–Crippen MR) is 127 cm³/mol. The van der Waals surface area contributed by atoms with Crippen molar-refractivity contribution in [2.45, 2.75) is 39.3 Å². The van der Waals surface area contributed by atoms with E-state index in [4.69, 9.17) is 23.2 Å². The molecule has 3 N–H and O–H groups in total. The van der Waals surface area contributed by atoms with Gasteiger partial charge in [-0.15, -0.1) is 24.0 Å². The van der Waals surface area contributed by atoms with Crippen molar-refractivity contribution >= 4 is 53.1 Å². The second-order valence-corrected chi connectivity index (χ2v) is 7.11. The number of benzene rings is 1. The Balaban J connectivity index is 0.00000392. The van der Waals surface area contributed by atoms with Gasteiger partial charge in [0.25, 0.3) is 0 Å². The van der Waals surface area contributed by atoms with E-state index in [9.17, 15) is 5.11 Å². The summed E-state index contributed by atoms with van der Waals surface area (Å²) in [6.45, 7) is 6.74. The van der Waals surface area contributed by atoms with Gasteiger partial charge in [-0.3, -0.25) is 4.99 Å². The highest BCUT2D eigenvalue weighted by Gasteiger charge is 2.09. The topological polar surface area (TPSA) is 74.5 Å². The highest BCUT2D eigenvalue weighted by Crippen LogP contribution is 2.23. The van der Waals surface area contributed by atoms with Crippen LogP contribution in [-0.4, -0.2) is 40.3 Å². The molecular formula is C19H28Cl2IN5O. The van der Waals surface area contributed by atoms with Crippen molar-refractivity contribution in [3.63, 3.8) is 0 Å². The average Bonchev–Trinajstić information content (AvgIpc) is 3.03. The van der Waals surface area contributed by atoms with Gasteiger partial charge in [-0.2, -0.15) is 0 Å². The fourth-order valence-corrected chi connectivity index (χ4v) is 3.19. The van der Waals surface area contributed by atoms with Crippen LogP contribution in [0, 0.1) is 6.92 Å². The number of imidazole rings is 1. The lowest BCUT2D eigenvalue weighted by atomic mass is 10.1. The Hall–Kier alpha value is -1.03. The van der Waals surface area contributed by atoms with Crippen LogP contribution in [0.4, 0.5) is 0 Å². The maximum Gasteiger partial charge on any atom is 0.191 e. The number of unbranched alkanes of at least 4 members (excludes halogenated alkanes) is 1. The number of aliphatic imine (C=N–C) groups is 1. The fourth-order valence-electron chi connectivity index (χ4n) is 2.65. The normalized spacial score (nSPS) is 12.4. The molecule has 1 aromatic heterocycles. The summed E-state index contributed by atoms with van der Waals surface area (Å²) in [4.78, 5) is 8.68. The lowest BCUT2D eigenvalue weighted by molar-refractivity contribution is 0.187. The first-order valence-corrected chi connectivity index (χ1v) is 9.89. The standard InChI is InChI=1S/C19H27Cl2N5O.HI/c1-3-22-19(24-6-4-5-8-26-9-7-23-14(26)2)25-13-18(27)15-10-16(20)12-17(21)11-15;/h7,9-12,18,27H,3-6,8,13H2,1-2H3,(H2,22,24,25);1H. The number of aromatic nitrogens is 2. The van der Waals surface area contributed by atoms with Crippen LogP contribution in [0.5, 0.6) is 0 Å². The van der Waals surface area contributed by atoms with E-state index >= 15 is 0 Å². The number of hydrogen-bond acceptors (Lipinski definition) is 3. The molecule has 0 bridgehead atoms. The van der Waals surface area contributed by atoms with Crippen molar-refractivity contribution in [3.05, 3.63) is 52.0 Å². The number of nitrogens with zero attached hydrogens (tertiary/aromatic N) is 3. The molecule has 0 aliphatic rings. The van der Waals surface area contributed by atoms with E-state index in [-0.39, 0.29) is 30.5 Å². The van der Waals surface area contributed by atoms with Crippen molar-refractivity contribution in [2.24, 2.45) is 4.99 Å². The van der Waals surface area contributed by atoms with Gasteiger partial charge >= 0.3 is 0 Å². The number of nitrogens with one attached hydrogen (secondary N) is 2. The van der Waals surface area contributed by atoms with Crippen molar-refractivity contribution < 1.29 is 5.11 Å². The molecule has 9 heteroatoms. The maximum atomic E-state index is 10.3. The molecule has 0 amide bonds. The molecule has 28 heavy (non-hydrogen) atoms. The van der Waals surface area contributed by atoms with E-state index in [1.807, 2.05) is 26.2 Å². The SMILES string of the molecule is CCNC(=NCC(O)c1cc(Cl)cc(Cl)c1)NCCCCn1ccnc1C.I. The van der Waals surface area contributed by atoms with Gasteiger partial charge < -0.3 is 20.3 Å². The minimum Gasteiger partial charge on any atom is -0.386 e. The van der Waals surface area contributed by atoms with Crippen LogP contribution in [0.15, 0.2) is 35.6 Å². The van der Waals surface area contributed by atoms with Crippen molar-refractivity contribution in [3.8, 4) is 0 Å². The van der Waals surface area contributed by atoms with Crippen LogP contribution in [0.25, 0.3) is 0 Å². The number of hydrogen-bond donors (Lipinski definition) is 3. The van der Waals surface area contributed by atoms with E-state index in [1.54, 1.807) is 18.2 Å². The predicted octanol–water partition coefficient (Wildman–Crippen LogP) is 4.19. The Morgan fingerprint density at radius 2 is 1.93 bits per heavy atom. The Morgan fingerprint density at radius 1 is 1.21 bits per heavy atom. The molecule has 6 nitrogen and oxygen atoms in total. The molecule has 0 fully saturated rings.